The van der Waals surface area contributed by atoms with Crippen molar-refractivity contribution in [3.05, 3.63) is 52.7 Å². The lowest BCUT2D eigenvalue weighted by molar-refractivity contribution is -0.120. The molecular formula is C14H14N4O3S. The van der Waals surface area contributed by atoms with Crippen molar-refractivity contribution in [2.75, 3.05) is 11.9 Å². The maximum Gasteiger partial charge on any atom is 0.319 e. The molecule has 0 aliphatic heterocycles. The Labute approximate surface area is 130 Å². The highest BCUT2D eigenvalue weighted by atomic mass is 32.1. The molecule has 1 aromatic heterocycles. The van der Waals surface area contributed by atoms with Gasteiger partial charge in [0, 0.05) is 5.69 Å². The summed E-state index contributed by atoms with van der Waals surface area (Å²) in [5.74, 6) is -0.940. The van der Waals surface area contributed by atoms with Crippen LogP contribution in [0.25, 0.3) is 0 Å². The van der Waals surface area contributed by atoms with Gasteiger partial charge in [-0.2, -0.15) is 0 Å². The molecule has 1 aromatic carbocycles. The van der Waals surface area contributed by atoms with E-state index in [9.17, 15) is 14.4 Å². The van der Waals surface area contributed by atoms with Crippen molar-refractivity contribution < 1.29 is 14.4 Å². The average Bonchev–Trinajstić information content (AvgIpc) is 3.06. The number of anilines is 1. The number of carbonyl (C=O) groups is 3. The van der Waals surface area contributed by atoms with Crippen LogP contribution in [-0.2, 0) is 4.79 Å². The van der Waals surface area contributed by atoms with Gasteiger partial charge in [0.1, 0.15) is 6.54 Å². The number of benzene rings is 1. The van der Waals surface area contributed by atoms with Crippen molar-refractivity contribution in [2.24, 2.45) is 0 Å². The molecule has 2 rings (SSSR count). The van der Waals surface area contributed by atoms with Crippen LogP contribution in [0.5, 0.6) is 0 Å². The van der Waals surface area contributed by atoms with E-state index in [0.29, 0.717) is 10.6 Å². The van der Waals surface area contributed by atoms with Crippen molar-refractivity contribution >= 4 is 34.9 Å². The second kappa shape index (κ2) is 7.79. The summed E-state index contributed by atoms with van der Waals surface area (Å²) in [6.45, 7) is -0.261. The van der Waals surface area contributed by atoms with Gasteiger partial charge in [-0.25, -0.2) is 4.79 Å². The second-order valence-corrected chi connectivity index (χ2v) is 5.10. The van der Waals surface area contributed by atoms with Crippen molar-refractivity contribution in [2.45, 2.75) is 0 Å². The lowest BCUT2D eigenvalue weighted by atomic mass is 10.3. The Hall–Kier alpha value is -2.87. The molecule has 114 valence electrons. The summed E-state index contributed by atoms with van der Waals surface area (Å²) in [4.78, 5) is 35.1. The van der Waals surface area contributed by atoms with Crippen LogP contribution in [0.2, 0.25) is 0 Å². The Kier molecular flexibility index (Phi) is 5.50. The molecule has 4 N–H and O–H groups in total. The molecule has 0 unspecified atom stereocenters. The van der Waals surface area contributed by atoms with E-state index in [1.54, 1.807) is 41.8 Å². The lowest BCUT2D eigenvalue weighted by Gasteiger charge is -2.08. The van der Waals surface area contributed by atoms with Crippen LogP contribution in [0, 0.1) is 0 Å². The molecule has 0 spiro atoms. The smallest absolute Gasteiger partial charge is 0.319 e. The van der Waals surface area contributed by atoms with Gasteiger partial charge in [-0.1, -0.05) is 24.3 Å². The number of carbonyl (C=O) groups excluding carboxylic acids is 3. The molecule has 0 fully saturated rings. The summed E-state index contributed by atoms with van der Waals surface area (Å²) in [6, 6.07) is 11.7. The molecule has 2 aromatic rings. The highest BCUT2D eigenvalue weighted by Gasteiger charge is 2.09. The zero-order valence-electron chi connectivity index (χ0n) is 11.5. The third kappa shape index (κ3) is 4.91. The molecular weight excluding hydrogens is 304 g/mol. The topological polar surface area (TPSA) is 99.3 Å². The van der Waals surface area contributed by atoms with E-state index in [1.807, 2.05) is 6.07 Å². The fourth-order valence-corrected chi connectivity index (χ4v) is 2.12. The monoisotopic (exact) mass is 318 g/mol. The van der Waals surface area contributed by atoms with E-state index in [1.165, 1.54) is 11.3 Å². The number of nitrogens with one attached hydrogen (secondary N) is 4. The first-order chi connectivity index (χ1) is 10.6. The largest absolute Gasteiger partial charge is 0.329 e. The molecule has 0 saturated carbocycles. The number of rotatable bonds is 4. The van der Waals surface area contributed by atoms with Crippen molar-refractivity contribution in [1.29, 1.82) is 0 Å². The molecule has 1 heterocycles. The maximum atomic E-state index is 11.6. The Bertz CT molecular complexity index is 643. The first kappa shape index (κ1) is 15.5. The fraction of sp³-hybridized carbons (Fsp3) is 0.0714. The van der Waals surface area contributed by atoms with Gasteiger partial charge < -0.3 is 10.6 Å². The summed E-state index contributed by atoms with van der Waals surface area (Å²) in [5, 5.41) is 6.70. The van der Waals surface area contributed by atoms with Gasteiger partial charge in [-0.15, -0.1) is 11.3 Å². The third-order valence-corrected chi connectivity index (χ3v) is 3.37. The minimum absolute atomic E-state index is 0.261. The molecule has 0 radical (unpaired) electrons. The van der Waals surface area contributed by atoms with E-state index in [-0.39, 0.29) is 6.54 Å². The number of hydrogen-bond donors (Lipinski definition) is 4. The van der Waals surface area contributed by atoms with Gasteiger partial charge in [-0.3, -0.25) is 20.4 Å². The Morgan fingerprint density at radius 3 is 2.41 bits per heavy atom. The summed E-state index contributed by atoms with van der Waals surface area (Å²) in [5.41, 5.74) is 5.09. The van der Waals surface area contributed by atoms with E-state index in [4.69, 9.17) is 0 Å². The standard InChI is InChI=1S/C14H14N4O3S/c19-12(17-18-13(20)11-7-4-8-22-11)9-15-14(21)16-10-5-2-1-3-6-10/h1-8H,9H2,(H,17,19)(H,18,20)(H2,15,16,21). The molecule has 7 nitrogen and oxygen atoms in total. The molecule has 0 bridgehead atoms. The molecule has 22 heavy (non-hydrogen) atoms. The van der Waals surface area contributed by atoms with Gasteiger partial charge >= 0.3 is 6.03 Å². The van der Waals surface area contributed by atoms with Gasteiger partial charge in [0.25, 0.3) is 11.8 Å². The second-order valence-electron chi connectivity index (χ2n) is 4.15. The molecule has 0 aliphatic carbocycles. The molecule has 0 saturated heterocycles. The number of para-hydroxylation sites is 1. The summed E-state index contributed by atoms with van der Waals surface area (Å²) >= 11 is 1.26. The molecule has 0 atom stereocenters. The molecule has 4 amide bonds. The third-order valence-electron chi connectivity index (χ3n) is 2.50. The minimum atomic E-state index is -0.534. The summed E-state index contributed by atoms with van der Waals surface area (Å²) < 4.78 is 0. The number of amides is 4. The average molecular weight is 318 g/mol. The predicted molar refractivity (Wildman–Crippen MR) is 83.4 cm³/mol. The molecule has 0 aliphatic rings. The van der Waals surface area contributed by atoms with Crippen LogP contribution in [-0.4, -0.2) is 24.4 Å². The predicted octanol–water partition coefficient (Wildman–Crippen LogP) is 1.33. The molecule has 8 heteroatoms. The van der Waals surface area contributed by atoms with Crippen LogP contribution in [0.1, 0.15) is 9.67 Å². The van der Waals surface area contributed by atoms with Gasteiger partial charge in [-0.05, 0) is 23.6 Å². The van der Waals surface area contributed by atoms with E-state index >= 15 is 0 Å². The number of urea groups is 1. The highest BCUT2D eigenvalue weighted by molar-refractivity contribution is 7.12. The van der Waals surface area contributed by atoms with Crippen LogP contribution < -0.4 is 21.5 Å². The van der Waals surface area contributed by atoms with Crippen LogP contribution >= 0.6 is 11.3 Å². The van der Waals surface area contributed by atoms with E-state index in [2.05, 4.69) is 21.5 Å². The van der Waals surface area contributed by atoms with Crippen molar-refractivity contribution in [3.63, 3.8) is 0 Å². The quantitative estimate of drug-likeness (QED) is 0.640. The van der Waals surface area contributed by atoms with Crippen LogP contribution in [0.3, 0.4) is 0 Å². The van der Waals surface area contributed by atoms with E-state index in [0.717, 1.165) is 0 Å². The van der Waals surface area contributed by atoms with Crippen molar-refractivity contribution in [3.8, 4) is 0 Å². The highest BCUT2D eigenvalue weighted by Crippen LogP contribution is 2.07. The number of thiophene rings is 1. The summed E-state index contributed by atoms with van der Waals surface area (Å²) in [6.07, 6.45) is 0. The SMILES string of the molecule is O=C(CNC(=O)Nc1ccccc1)NNC(=O)c1cccs1. The first-order valence-corrected chi connectivity index (χ1v) is 7.25. The summed E-state index contributed by atoms with van der Waals surface area (Å²) in [7, 11) is 0. The Balaban J connectivity index is 1.67. The zero-order valence-corrected chi connectivity index (χ0v) is 12.3. The van der Waals surface area contributed by atoms with Crippen LogP contribution in [0.4, 0.5) is 10.5 Å². The van der Waals surface area contributed by atoms with E-state index < -0.39 is 17.8 Å². The number of hydrogen-bond acceptors (Lipinski definition) is 4. The van der Waals surface area contributed by atoms with Crippen LogP contribution in [0.15, 0.2) is 47.8 Å². The van der Waals surface area contributed by atoms with Gasteiger partial charge in [0.2, 0.25) is 0 Å². The van der Waals surface area contributed by atoms with Gasteiger partial charge in [0.15, 0.2) is 0 Å². The Morgan fingerprint density at radius 2 is 1.73 bits per heavy atom. The fourth-order valence-electron chi connectivity index (χ4n) is 1.50. The normalized spacial score (nSPS) is 9.64. The Morgan fingerprint density at radius 1 is 0.955 bits per heavy atom. The van der Waals surface area contributed by atoms with Gasteiger partial charge in [0.05, 0.1) is 4.88 Å². The minimum Gasteiger partial charge on any atom is -0.329 e. The maximum absolute atomic E-state index is 11.6. The first-order valence-electron chi connectivity index (χ1n) is 6.38. The lowest BCUT2D eigenvalue weighted by Crippen LogP contribution is -2.46. The van der Waals surface area contributed by atoms with Crippen molar-refractivity contribution in [1.82, 2.24) is 16.2 Å². The number of hydrazine groups is 1. The zero-order chi connectivity index (χ0) is 15.8.